The molecule has 1 aliphatic heterocycles. The average molecular weight is 586 g/mol. The summed E-state index contributed by atoms with van der Waals surface area (Å²) in [6.45, 7) is 3.76. The minimum atomic E-state index is -4.13. The fourth-order valence-corrected chi connectivity index (χ4v) is 5.88. The van der Waals surface area contributed by atoms with Gasteiger partial charge in [-0.2, -0.15) is 13.2 Å². The van der Waals surface area contributed by atoms with Crippen molar-refractivity contribution in [1.29, 1.82) is 0 Å². The van der Waals surface area contributed by atoms with Crippen LogP contribution in [0.3, 0.4) is 0 Å². The summed E-state index contributed by atoms with van der Waals surface area (Å²) in [6.07, 6.45) is -1.27. The van der Waals surface area contributed by atoms with E-state index in [0.29, 0.717) is 55.2 Å². The van der Waals surface area contributed by atoms with Gasteiger partial charge in [0.25, 0.3) is 0 Å². The molecule has 2 aliphatic rings. The van der Waals surface area contributed by atoms with Crippen LogP contribution >= 0.6 is 11.3 Å². The van der Waals surface area contributed by atoms with Crippen LogP contribution in [-0.2, 0) is 11.3 Å². The van der Waals surface area contributed by atoms with Crippen LogP contribution in [0.4, 0.5) is 29.9 Å². The van der Waals surface area contributed by atoms with Gasteiger partial charge in [0.2, 0.25) is 5.82 Å². The number of pyridine rings is 1. The van der Waals surface area contributed by atoms with E-state index >= 15 is 0 Å². The smallest absolute Gasteiger partial charge is 0.379 e. The number of ether oxygens (including phenoxy) is 1. The van der Waals surface area contributed by atoms with Gasteiger partial charge in [0.1, 0.15) is 11.6 Å². The topological polar surface area (TPSA) is 106 Å². The van der Waals surface area contributed by atoms with Crippen LogP contribution in [0.15, 0.2) is 48.7 Å². The highest BCUT2D eigenvalue weighted by molar-refractivity contribution is 7.18. The van der Waals surface area contributed by atoms with Gasteiger partial charge in [0, 0.05) is 25.7 Å². The Balaban J connectivity index is 1.18. The van der Waals surface area contributed by atoms with E-state index < -0.39 is 12.1 Å². The van der Waals surface area contributed by atoms with Gasteiger partial charge in [-0.15, -0.1) is 15.0 Å². The Kier molecular flexibility index (Phi) is 8.12. The van der Waals surface area contributed by atoms with Crippen molar-refractivity contribution in [3.8, 4) is 16.4 Å². The predicted octanol–water partition coefficient (Wildman–Crippen LogP) is 5.29. The molecule has 0 radical (unpaired) electrons. The lowest BCUT2D eigenvalue weighted by molar-refractivity contribution is -0.182. The summed E-state index contributed by atoms with van der Waals surface area (Å²) in [7, 11) is 0. The van der Waals surface area contributed by atoms with Crippen molar-refractivity contribution >= 4 is 28.1 Å². The van der Waals surface area contributed by atoms with Crippen LogP contribution in [0.5, 0.6) is 0 Å². The van der Waals surface area contributed by atoms with E-state index in [-0.39, 0.29) is 18.9 Å². The molecule has 1 saturated carbocycles. The first-order valence-corrected chi connectivity index (χ1v) is 14.4. The molecule has 10 nitrogen and oxygen atoms in total. The number of nitrogens with zero attached hydrogens (tertiary/aromatic N) is 7. The summed E-state index contributed by atoms with van der Waals surface area (Å²) in [5, 5.41) is 20.1. The van der Waals surface area contributed by atoms with Crippen molar-refractivity contribution in [3.63, 3.8) is 0 Å². The van der Waals surface area contributed by atoms with Gasteiger partial charge in [-0.05, 0) is 60.7 Å². The third-order valence-corrected chi connectivity index (χ3v) is 8.21. The third-order valence-electron chi connectivity index (χ3n) is 7.30. The van der Waals surface area contributed by atoms with E-state index in [0.717, 1.165) is 29.2 Å². The van der Waals surface area contributed by atoms with Gasteiger partial charge in [-0.1, -0.05) is 29.5 Å². The van der Waals surface area contributed by atoms with Gasteiger partial charge < -0.3 is 15.4 Å². The summed E-state index contributed by atoms with van der Waals surface area (Å²) in [4.78, 5) is 13.8. The van der Waals surface area contributed by atoms with Crippen molar-refractivity contribution in [2.75, 3.05) is 36.9 Å². The zero-order chi connectivity index (χ0) is 28.2. The van der Waals surface area contributed by atoms with Gasteiger partial charge in [0.05, 0.1) is 35.9 Å². The van der Waals surface area contributed by atoms with Crippen LogP contribution in [0.2, 0.25) is 0 Å². The first-order chi connectivity index (χ1) is 19.9. The van der Waals surface area contributed by atoms with Crippen molar-refractivity contribution in [2.45, 2.75) is 44.4 Å². The van der Waals surface area contributed by atoms with E-state index in [9.17, 15) is 13.2 Å². The minimum Gasteiger partial charge on any atom is -0.379 e. The zero-order valence-electron chi connectivity index (χ0n) is 22.2. The molecule has 4 aromatic rings. The fraction of sp³-hybridized carbons (Fsp3) is 0.444. The Morgan fingerprint density at radius 2 is 1.76 bits per heavy atom. The van der Waals surface area contributed by atoms with Crippen molar-refractivity contribution in [2.24, 2.45) is 5.92 Å². The highest BCUT2D eigenvalue weighted by Crippen LogP contribution is 2.38. The van der Waals surface area contributed by atoms with Gasteiger partial charge in [0.15, 0.2) is 5.13 Å². The molecule has 2 fully saturated rings. The number of hydrogen-bond donors (Lipinski definition) is 2. The van der Waals surface area contributed by atoms with E-state index in [1.165, 1.54) is 16.1 Å². The quantitative estimate of drug-likeness (QED) is 0.285. The molecule has 0 atom stereocenters. The summed E-state index contributed by atoms with van der Waals surface area (Å²) >= 11 is 1.38. The predicted molar refractivity (Wildman–Crippen MR) is 149 cm³/mol. The molecule has 41 heavy (non-hydrogen) atoms. The number of alkyl halides is 3. The van der Waals surface area contributed by atoms with E-state index in [2.05, 4.69) is 35.9 Å². The van der Waals surface area contributed by atoms with E-state index in [1.54, 1.807) is 6.20 Å². The molecule has 14 heteroatoms. The number of morpholine rings is 1. The molecule has 3 aromatic heterocycles. The number of rotatable bonds is 8. The monoisotopic (exact) mass is 585 g/mol. The summed E-state index contributed by atoms with van der Waals surface area (Å²) in [6, 6.07) is 13.4. The van der Waals surface area contributed by atoms with Crippen LogP contribution < -0.4 is 10.6 Å². The Bertz CT molecular complexity index is 1430. The van der Waals surface area contributed by atoms with Crippen molar-refractivity contribution in [1.82, 2.24) is 35.1 Å². The lowest BCUT2D eigenvalue weighted by Gasteiger charge is -2.31. The second-order valence-electron chi connectivity index (χ2n) is 10.3. The maximum atomic E-state index is 13.1. The summed E-state index contributed by atoms with van der Waals surface area (Å²) in [5.74, 6) is 0.480. The fourth-order valence-electron chi connectivity index (χ4n) is 5.14. The van der Waals surface area contributed by atoms with E-state index in [1.807, 2.05) is 42.5 Å². The molecule has 1 aliphatic carbocycles. The molecule has 1 aromatic carbocycles. The summed E-state index contributed by atoms with van der Waals surface area (Å²) in [5.41, 5.74) is 1.85. The van der Waals surface area contributed by atoms with E-state index in [4.69, 9.17) is 9.72 Å². The SMILES string of the molecule is FC(F)(F)C1CCC(Nc2cc(CN3CCOCC3)cc(Nc3ncc(-c4nnn(-c5ccccc5)n4)s3)n2)CC1. The second kappa shape index (κ2) is 12.1. The van der Waals surface area contributed by atoms with Crippen LogP contribution in [-0.4, -0.2) is 73.6 Å². The van der Waals surface area contributed by atoms with Crippen molar-refractivity contribution in [3.05, 3.63) is 54.2 Å². The molecule has 4 heterocycles. The maximum Gasteiger partial charge on any atom is 0.391 e. The largest absolute Gasteiger partial charge is 0.391 e. The van der Waals surface area contributed by atoms with Crippen molar-refractivity contribution < 1.29 is 17.9 Å². The third kappa shape index (κ3) is 7.00. The highest BCUT2D eigenvalue weighted by Gasteiger charge is 2.41. The van der Waals surface area contributed by atoms with Gasteiger partial charge >= 0.3 is 6.18 Å². The molecule has 1 saturated heterocycles. The van der Waals surface area contributed by atoms with Gasteiger partial charge in [-0.3, -0.25) is 4.90 Å². The Morgan fingerprint density at radius 1 is 1.00 bits per heavy atom. The number of tetrazole rings is 1. The number of anilines is 3. The lowest BCUT2D eigenvalue weighted by atomic mass is 9.85. The second-order valence-corrected chi connectivity index (χ2v) is 11.3. The molecular weight excluding hydrogens is 555 g/mol. The maximum absolute atomic E-state index is 13.1. The molecule has 0 bridgehead atoms. The Labute approximate surface area is 239 Å². The minimum absolute atomic E-state index is 0.0580. The number of benzene rings is 1. The number of hydrogen-bond acceptors (Lipinski definition) is 10. The average Bonchev–Trinajstić information content (AvgIpc) is 3.64. The Hall–Kier alpha value is -3.62. The Morgan fingerprint density at radius 3 is 2.51 bits per heavy atom. The normalized spacial score (nSPS) is 20.2. The van der Waals surface area contributed by atoms with Crippen LogP contribution in [0.1, 0.15) is 31.2 Å². The van der Waals surface area contributed by atoms with Crippen LogP contribution in [0, 0.1) is 5.92 Å². The summed E-state index contributed by atoms with van der Waals surface area (Å²) < 4.78 is 44.9. The first-order valence-electron chi connectivity index (χ1n) is 13.6. The number of aromatic nitrogens is 6. The molecule has 216 valence electrons. The van der Waals surface area contributed by atoms with Gasteiger partial charge in [-0.25, -0.2) is 9.97 Å². The standard InChI is InChI=1S/C27H30F3N9OS/c28-27(29,30)19-6-8-20(9-7-19)32-23-14-18(17-38-10-12-40-13-11-38)15-24(33-23)34-26-31-16-22(41-26)25-35-37-39(36-25)21-4-2-1-3-5-21/h1-5,14-16,19-20H,6-13,17H2,(H2,31,32,33,34). The molecule has 0 spiro atoms. The molecule has 0 unspecified atom stereocenters. The molecule has 2 N–H and O–H groups in total. The number of thiazole rings is 1. The zero-order valence-corrected chi connectivity index (χ0v) is 23.0. The molecular formula is C27H30F3N9OS. The molecule has 6 rings (SSSR count). The lowest BCUT2D eigenvalue weighted by Crippen LogP contribution is -2.35. The number of halogens is 3. The number of nitrogens with one attached hydrogen (secondary N) is 2. The number of para-hydroxylation sites is 1. The first kappa shape index (κ1) is 27.5. The molecule has 0 amide bonds. The van der Waals surface area contributed by atoms with Crippen LogP contribution in [0.25, 0.3) is 16.4 Å². The highest BCUT2D eigenvalue weighted by atomic mass is 32.1.